The van der Waals surface area contributed by atoms with E-state index in [1.807, 2.05) is 62.4 Å². The zero-order valence-corrected chi connectivity index (χ0v) is 13.4. The average Bonchev–Trinajstić information content (AvgIpc) is 2.28. The van der Waals surface area contributed by atoms with Crippen LogP contribution in [0.15, 0.2) is 58.3 Å². The van der Waals surface area contributed by atoms with Gasteiger partial charge in [-0.2, -0.15) is 9.79 Å². The number of rotatable bonds is 0. The Kier molecular flexibility index (Phi) is 15.2. The van der Waals surface area contributed by atoms with Crippen molar-refractivity contribution in [2.75, 3.05) is 0 Å². The molecule has 19 heavy (non-hydrogen) atoms. The second-order valence-electron chi connectivity index (χ2n) is 3.53. The summed E-state index contributed by atoms with van der Waals surface area (Å²) >= 11 is 9.91. The molecule has 2 rings (SSSR count). The van der Waals surface area contributed by atoms with Crippen LogP contribution >= 0.6 is 0 Å². The third-order valence-electron chi connectivity index (χ3n) is 2.19. The zero-order valence-electron chi connectivity index (χ0n) is 10.8. The number of benzene rings is 2. The summed E-state index contributed by atoms with van der Waals surface area (Å²) in [7, 11) is 0. The molecule has 0 unspecified atom stereocenters. The molecule has 0 heterocycles. The summed E-state index contributed by atoms with van der Waals surface area (Å²) in [5.41, 5.74) is 2.37. The summed E-state index contributed by atoms with van der Waals surface area (Å²) in [6.45, 7) is 4.03. The summed E-state index contributed by atoms with van der Waals surface area (Å²) < 4.78 is 0. The van der Waals surface area contributed by atoms with Gasteiger partial charge in [-0.1, -0.05) is 59.7 Å². The Morgan fingerprint density at radius 2 is 0.895 bits per heavy atom. The van der Waals surface area contributed by atoms with Gasteiger partial charge in [-0.25, -0.2) is 0 Å². The maximum Gasteiger partial charge on any atom is 2.00 e. The molecule has 2 aromatic carbocycles. The molecule has 2 nitrogen and oxygen atoms in total. The van der Waals surface area contributed by atoms with Crippen LogP contribution in [0.2, 0.25) is 0 Å². The number of hydrogen-bond donors (Lipinski definition) is 0. The van der Waals surface area contributed by atoms with Gasteiger partial charge in [-0.05, 0) is 13.8 Å². The number of aryl methyl sites for hydroxylation is 2. The fraction of sp³-hybridized carbons (Fsp3) is 0.143. The molecule has 4 N–H and O–H groups in total. The van der Waals surface area contributed by atoms with Crippen LogP contribution in [-0.4, -0.2) is 11.0 Å². The van der Waals surface area contributed by atoms with Crippen molar-refractivity contribution in [1.82, 2.24) is 0 Å². The van der Waals surface area contributed by atoms with Gasteiger partial charge in [0.05, 0.1) is 0 Å². The Morgan fingerprint density at radius 3 is 1.05 bits per heavy atom. The predicted molar refractivity (Wildman–Crippen MR) is 80.8 cm³/mol. The minimum absolute atomic E-state index is 0. The van der Waals surface area contributed by atoms with E-state index >= 15 is 0 Å². The van der Waals surface area contributed by atoms with E-state index in [0.717, 1.165) is 9.79 Å². The van der Waals surface area contributed by atoms with Gasteiger partial charge in [0.25, 0.3) is 0 Å². The summed E-state index contributed by atoms with van der Waals surface area (Å²) in [5, 5.41) is 0. The standard InChI is InChI=1S/2C7H8S.Co.2H2O/c2*1-6-4-2-3-5-7(6)8;;;/h2*2-5,8H,1H3;;2*1H2/q;;+2;;/p-2. The monoisotopic (exact) mass is 341 g/mol. The molecule has 0 aromatic heterocycles. The molecule has 0 fully saturated rings. The first kappa shape index (κ1) is 23.4. The summed E-state index contributed by atoms with van der Waals surface area (Å²) in [4.78, 5) is 1.90. The summed E-state index contributed by atoms with van der Waals surface area (Å²) in [5.74, 6) is 0. The van der Waals surface area contributed by atoms with Crippen LogP contribution in [0.5, 0.6) is 0 Å². The number of hydrogen-bond acceptors (Lipinski definition) is 2. The predicted octanol–water partition coefficient (Wildman–Crippen LogP) is 2.15. The normalized spacial score (nSPS) is 7.68. The van der Waals surface area contributed by atoms with E-state index in [-0.39, 0.29) is 27.7 Å². The van der Waals surface area contributed by atoms with E-state index in [0.29, 0.717) is 0 Å². The van der Waals surface area contributed by atoms with Crippen molar-refractivity contribution in [3.63, 3.8) is 0 Å². The van der Waals surface area contributed by atoms with Gasteiger partial charge < -0.3 is 36.2 Å². The Balaban J connectivity index is -0.000000233. The summed E-state index contributed by atoms with van der Waals surface area (Å²) in [6.07, 6.45) is 0. The Hall–Kier alpha value is -0.694. The molecule has 0 aliphatic heterocycles. The first-order valence-corrected chi connectivity index (χ1v) is 5.88. The first-order chi connectivity index (χ1) is 7.61. The van der Waals surface area contributed by atoms with Gasteiger partial charge in [0.1, 0.15) is 0 Å². The minimum Gasteiger partial charge on any atom is -0.779 e. The molecule has 5 heteroatoms. The molecule has 107 valence electrons. The molecule has 0 atom stereocenters. The second kappa shape index (κ2) is 12.3. The third kappa shape index (κ3) is 8.93. The van der Waals surface area contributed by atoms with Crippen molar-refractivity contribution in [3.8, 4) is 0 Å². The Bertz CT molecular complexity index is 379. The van der Waals surface area contributed by atoms with Crippen LogP contribution in [0.1, 0.15) is 11.1 Å². The fourth-order valence-electron chi connectivity index (χ4n) is 1.11. The molecule has 0 bridgehead atoms. The average molecular weight is 341 g/mol. The van der Waals surface area contributed by atoms with Crippen LogP contribution < -0.4 is 0 Å². The van der Waals surface area contributed by atoms with Crippen molar-refractivity contribution in [2.45, 2.75) is 23.6 Å². The van der Waals surface area contributed by atoms with Crippen LogP contribution in [0.4, 0.5) is 0 Å². The molecule has 0 aliphatic carbocycles. The van der Waals surface area contributed by atoms with E-state index in [4.69, 9.17) is 25.3 Å². The molecule has 0 aliphatic rings. The summed E-state index contributed by atoms with van der Waals surface area (Å²) in [6, 6.07) is 15.8. The van der Waals surface area contributed by atoms with Crippen molar-refractivity contribution in [2.24, 2.45) is 0 Å². The van der Waals surface area contributed by atoms with Gasteiger partial charge in [-0.15, -0.1) is 0 Å². The minimum atomic E-state index is 0. The molecule has 0 spiro atoms. The zero-order chi connectivity index (χ0) is 12.0. The van der Waals surface area contributed by atoms with E-state index < -0.39 is 0 Å². The molecule has 0 saturated heterocycles. The SMILES string of the molecule is Cc1ccccc1[S-].Cc1ccccc1[S-].O.O.[Co+2]. The third-order valence-corrected chi connectivity index (χ3v) is 3.10. The molecular formula is C14H18CoO2S2. The van der Waals surface area contributed by atoms with E-state index in [9.17, 15) is 0 Å². The van der Waals surface area contributed by atoms with Crippen LogP contribution in [0.25, 0.3) is 0 Å². The smallest absolute Gasteiger partial charge is 0.779 e. The van der Waals surface area contributed by atoms with E-state index in [2.05, 4.69) is 0 Å². The molecule has 1 radical (unpaired) electrons. The maximum atomic E-state index is 4.95. The van der Waals surface area contributed by atoms with Gasteiger partial charge >= 0.3 is 16.8 Å². The van der Waals surface area contributed by atoms with Gasteiger partial charge in [-0.3, -0.25) is 0 Å². The van der Waals surface area contributed by atoms with Crippen LogP contribution in [0.3, 0.4) is 0 Å². The Morgan fingerprint density at radius 1 is 0.632 bits per heavy atom. The van der Waals surface area contributed by atoms with Gasteiger partial charge in [0.2, 0.25) is 0 Å². The van der Waals surface area contributed by atoms with Crippen molar-refractivity contribution in [3.05, 3.63) is 59.7 Å². The van der Waals surface area contributed by atoms with Gasteiger partial charge in [0, 0.05) is 0 Å². The van der Waals surface area contributed by atoms with Crippen molar-refractivity contribution in [1.29, 1.82) is 0 Å². The van der Waals surface area contributed by atoms with Crippen molar-refractivity contribution < 1.29 is 27.7 Å². The van der Waals surface area contributed by atoms with Crippen LogP contribution in [0, 0.1) is 13.8 Å². The Labute approximate surface area is 136 Å². The first-order valence-electron chi connectivity index (χ1n) is 5.06. The molecular weight excluding hydrogens is 323 g/mol. The topological polar surface area (TPSA) is 63.0 Å². The second-order valence-corrected chi connectivity index (χ2v) is 4.41. The quantitative estimate of drug-likeness (QED) is 0.689. The molecule has 0 amide bonds. The fourth-order valence-corrected chi connectivity index (χ4v) is 1.41. The largest absolute Gasteiger partial charge is 2.00 e. The van der Waals surface area contributed by atoms with E-state index in [1.54, 1.807) is 0 Å². The van der Waals surface area contributed by atoms with Crippen molar-refractivity contribution >= 4 is 25.3 Å². The molecule has 2 aromatic rings. The van der Waals surface area contributed by atoms with Crippen LogP contribution in [-0.2, 0) is 42.0 Å². The maximum absolute atomic E-state index is 4.95. The van der Waals surface area contributed by atoms with E-state index in [1.165, 1.54) is 11.1 Å². The van der Waals surface area contributed by atoms with Gasteiger partial charge in [0.15, 0.2) is 0 Å². The molecule has 0 saturated carbocycles.